The largest absolute Gasteiger partial charge is 0.691 e. The zero-order valence-electron chi connectivity index (χ0n) is 16.0. The average Bonchev–Trinajstić information content (AvgIpc) is 2.70. The van der Waals surface area contributed by atoms with Gasteiger partial charge in [-0.15, -0.1) is 0 Å². The normalized spacial score (nSPS) is 29.6. The Balaban J connectivity index is 1.31. The van der Waals surface area contributed by atoms with Crippen LogP contribution in [-0.2, 0) is 29.1 Å². The molecule has 7 nitrogen and oxygen atoms in total. The molecule has 5 rings (SSSR count). The van der Waals surface area contributed by atoms with Gasteiger partial charge in [-0.25, -0.2) is 9.59 Å². The third-order valence-electron chi connectivity index (χ3n) is 6.46. The van der Waals surface area contributed by atoms with Crippen LogP contribution in [-0.4, -0.2) is 23.8 Å². The van der Waals surface area contributed by atoms with Crippen molar-refractivity contribution >= 4 is 24.0 Å². The van der Waals surface area contributed by atoms with Crippen LogP contribution in [0.2, 0.25) is 0 Å². The second-order valence-electron chi connectivity index (χ2n) is 8.51. The van der Waals surface area contributed by atoms with Crippen molar-refractivity contribution in [1.29, 1.82) is 0 Å². The van der Waals surface area contributed by atoms with Crippen LogP contribution < -0.4 is 9.99 Å². The molecule has 164 valence electrons. The first-order chi connectivity index (χ1) is 14.3. The molecule has 0 radical (unpaired) electrons. The van der Waals surface area contributed by atoms with Gasteiger partial charge in [0, 0.05) is 0 Å². The van der Waals surface area contributed by atoms with Crippen molar-refractivity contribution in [2.75, 3.05) is 6.61 Å². The molecule has 4 fully saturated rings. The molecule has 10 heteroatoms. The zero-order valence-corrected chi connectivity index (χ0v) is 16.8. The molecule has 0 saturated heterocycles. The van der Waals surface area contributed by atoms with Crippen LogP contribution in [0.3, 0.4) is 0 Å². The van der Waals surface area contributed by atoms with E-state index in [9.17, 15) is 23.6 Å². The number of ether oxygens (including phenoxy) is 2. The standard InChI is InChI=1S/C20H22F2O7S/c21-20(22,30-29-28-25)18(24)26-11-17(23)27-16-3-1-15(2-4-16)19-8-12-5-13(9-19)7-14(6-12)10-19/h1-4,12-14,25H,5-11H2/p-1. The lowest BCUT2D eigenvalue weighted by atomic mass is 9.48. The third kappa shape index (κ3) is 4.46. The first-order valence-corrected chi connectivity index (χ1v) is 10.5. The van der Waals surface area contributed by atoms with Gasteiger partial charge < -0.3 is 14.7 Å². The summed E-state index contributed by atoms with van der Waals surface area (Å²) >= 11 is -0.827. The number of alkyl halides is 2. The maximum atomic E-state index is 13.2. The molecule has 30 heavy (non-hydrogen) atoms. The molecule has 0 atom stereocenters. The third-order valence-corrected chi connectivity index (χ3v) is 6.96. The van der Waals surface area contributed by atoms with E-state index in [1.54, 1.807) is 12.1 Å². The van der Waals surface area contributed by atoms with Crippen molar-refractivity contribution in [1.82, 2.24) is 0 Å². The average molecular weight is 443 g/mol. The Kier molecular flexibility index (Phi) is 6.02. The number of carbonyl (C=O) groups excluding carboxylic acids is 2. The first kappa shape index (κ1) is 21.5. The molecule has 0 spiro atoms. The maximum Gasteiger partial charge on any atom is 0.415 e. The fourth-order valence-corrected chi connectivity index (χ4v) is 6.04. The predicted molar refractivity (Wildman–Crippen MR) is 97.6 cm³/mol. The van der Waals surface area contributed by atoms with Gasteiger partial charge in [0.15, 0.2) is 6.61 Å². The second-order valence-corrected chi connectivity index (χ2v) is 9.32. The van der Waals surface area contributed by atoms with E-state index in [1.807, 2.05) is 12.1 Å². The highest BCUT2D eigenvalue weighted by atomic mass is 32.2. The Hall–Kier alpha value is -1.75. The second kappa shape index (κ2) is 8.41. The van der Waals surface area contributed by atoms with E-state index < -0.39 is 35.8 Å². The Labute approximate surface area is 176 Å². The Morgan fingerprint density at radius 2 is 1.63 bits per heavy atom. The summed E-state index contributed by atoms with van der Waals surface area (Å²) in [5.74, 6) is -0.388. The zero-order chi connectivity index (χ0) is 21.4. The van der Waals surface area contributed by atoms with Gasteiger partial charge in [0.1, 0.15) is 17.8 Å². The molecule has 4 bridgehead atoms. The van der Waals surface area contributed by atoms with Gasteiger partial charge in [0.2, 0.25) is 0 Å². The van der Waals surface area contributed by atoms with Crippen molar-refractivity contribution in [2.45, 2.75) is 49.2 Å². The van der Waals surface area contributed by atoms with Crippen LogP contribution in [0.1, 0.15) is 44.1 Å². The lowest BCUT2D eigenvalue weighted by molar-refractivity contribution is -0.777. The number of hydrogen-bond acceptors (Lipinski definition) is 8. The van der Waals surface area contributed by atoms with E-state index in [4.69, 9.17) is 4.74 Å². The molecule has 0 aliphatic heterocycles. The lowest BCUT2D eigenvalue weighted by Crippen LogP contribution is -2.48. The maximum absolute atomic E-state index is 13.2. The minimum Gasteiger partial charge on any atom is -0.691 e. The van der Waals surface area contributed by atoms with E-state index >= 15 is 0 Å². The number of rotatable bonds is 8. The van der Waals surface area contributed by atoms with Crippen molar-refractivity contribution in [3.8, 4) is 5.75 Å². The molecule has 0 heterocycles. The molecule has 0 aromatic heterocycles. The van der Waals surface area contributed by atoms with E-state index in [0.29, 0.717) is 0 Å². The summed E-state index contributed by atoms with van der Waals surface area (Å²) in [6, 6.07) is 7.29. The van der Waals surface area contributed by atoms with E-state index in [0.717, 1.165) is 17.8 Å². The molecule has 4 saturated carbocycles. The lowest BCUT2D eigenvalue weighted by Gasteiger charge is -2.57. The summed E-state index contributed by atoms with van der Waals surface area (Å²) in [6.07, 6.45) is 7.67. The highest BCUT2D eigenvalue weighted by molar-refractivity contribution is 7.96. The summed E-state index contributed by atoms with van der Waals surface area (Å²) in [5.41, 5.74) is 1.47. The van der Waals surface area contributed by atoms with Crippen molar-refractivity contribution in [3.05, 3.63) is 29.8 Å². The van der Waals surface area contributed by atoms with Gasteiger partial charge in [-0.2, -0.15) is 13.1 Å². The monoisotopic (exact) mass is 443 g/mol. The van der Waals surface area contributed by atoms with Crippen LogP contribution in [0.4, 0.5) is 8.78 Å². The number of benzene rings is 1. The van der Waals surface area contributed by atoms with E-state index in [2.05, 4.69) is 14.1 Å². The molecular weight excluding hydrogens is 422 g/mol. The molecule has 0 unspecified atom stereocenters. The number of carbonyl (C=O) groups is 2. The highest BCUT2D eigenvalue weighted by Gasteiger charge is 2.51. The first-order valence-electron chi connectivity index (χ1n) is 9.80. The summed E-state index contributed by atoms with van der Waals surface area (Å²) in [7, 11) is 0. The molecule has 1 aromatic rings. The van der Waals surface area contributed by atoms with Gasteiger partial charge in [0.05, 0.1) is 0 Å². The minimum absolute atomic E-state index is 0.214. The van der Waals surface area contributed by atoms with Gasteiger partial charge in [-0.3, -0.25) is 5.04 Å². The molecule has 0 amide bonds. The Morgan fingerprint density at radius 1 is 1.07 bits per heavy atom. The van der Waals surface area contributed by atoms with Crippen molar-refractivity contribution in [3.63, 3.8) is 0 Å². The van der Waals surface area contributed by atoms with Crippen molar-refractivity contribution < 1.29 is 42.5 Å². The van der Waals surface area contributed by atoms with Gasteiger partial charge in [-0.1, -0.05) is 12.1 Å². The minimum atomic E-state index is -4.20. The molecule has 1 aromatic carbocycles. The summed E-state index contributed by atoms with van der Waals surface area (Å²) in [6.45, 7) is -1.01. The molecule has 0 N–H and O–H groups in total. The Morgan fingerprint density at radius 3 is 2.17 bits per heavy atom. The van der Waals surface area contributed by atoms with Gasteiger partial charge >= 0.3 is 17.2 Å². The summed E-state index contributed by atoms with van der Waals surface area (Å²) in [4.78, 5) is 23.0. The van der Waals surface area contributed by atoms with Gasteiger partial charge in [0.25, 0.3) is 0 Å². The quantitative estimate of drug-likeness (QED) is 0.199. The predicted octanol–water partition coefficient (Wildman–Crippen LogP) is 3.07. The summed E-state index contributed by atoms with van der Waals surface area (Å²) < 4.78 is 39.1. The SMILES string of the molecule is O=C(COC(=O)C(F)(F)SOO[O-])Oc1ccc(C23CC4CC(CC(C4)C2)C3)cc1. The van der Waals surface area contributed by atoms with Crippen LogP contribution in [0.15, 0.2) is 24.3 Å². The number of esters is 2. The van der Waals surface area contributed by atoms with Crippen LogP contribution in [0.5, 0.6) is 5.75 Å². The highest BCUT2D eigenvalue weighted by Crippen LogP contribution is 2.60. The van der Waals surface area contributed by atoms with Gasteiger partial charge in [-0.05, 0) is 79.4 Å². The Bertz CT molecular complexity index is 764. The fraction of sp³-hybridized carbons (Fsp3) is 0.600. The van der Waals surface area contributed by atoms with Crippen molar-refractivity contribution in [2.24, 2.45) is 17.8 Å². The molecule has 4 aliphatic carbocycles. The molecule has 4 aliphatic rings. The summed E-state index contributed by atoms with van der Waals surface area (Å²) in [5, 5.41) is 8.12. The number of hydrogen-bond donors (Lipinski definition) is 0. The van der Waals surface area contributed by atoms with Crippen LogP contribution >= 0.6 is 12.0 Å². The molecular formula is C20H21F2O7S-. The fourth-order valence-electron chi connectivity index (χ4n) is 5.80. The van der Waals surface area contributed by atoms with E-state index in [-0.39, 0.29) is 11.2 Å². The van der Waals surface area contributed by atoms with E-state index in [1.165, 1.54) is 44.1 Å². The topological polar surface area (TPSA) is 94.1 Å². The van der Waals surface area contributed by atoms with Crippen LogP contribution in [0, 0.1) is 17.8 Å². The van der Waals surface area contributed by atoms with Crippen LogP contribution in [0.25, 0.3) is 0 Å². The number of halogens is 2. The smallest absolute Gasteiger partial charge is 0.415 e.